The Hall–Kier alpha value is -1.50. The minimum absolute atomic E-state index is 0.0382. The number of rotatable bonds is 4. The van der Waals surface area contributed by atoms with Crippen LogP contribution < -0.4 is 5.48 Å². The number of hydrogen-bond acceptors (Lipinski definition) is 5. The van der Waals surface area contributed by atoms with Gasteiger partial charge in [-0.15, -0.1) is 10.2 Å². The summed E-state index contributed by atoms with van der Waals surface area (Å²) in [6, 6.07) is 0. The summed E-state index contributed by atoms with van der Waals surface area (Å²) in [5, 5.41) is 12.3. The molecular formula is C6H11N5O2. The lowest BCUT2D eigenvalue weighted by molar-refractivity contribution is 0.0200. The number of tetrazole rings is 1. The summed E-state index contributed by atoms with van der Waals surface area (Å²) >= 11 is 0. The molecule has 13 heavy (non-hydrogen) atoms. The molecule has 0 unspecified atom stereocenters. The van der Waals surface area contributed by atoms with Crippen molar-refractivity contribution in [3.8, 4) is 0 Å². The quantitative estimate of drug-likeness (QED) is 0.618. The first-order valence-corrected chi connectivity index (χ1v) is 3.85. The zero-order chi connectivity index (χ0) is 9.68. The topological polar surface area (TPSA) is 92.8 Å². The molecule has 0 saturated heterocycles. The number of aromatic nitrogens is 4. The zero-order valence-corrected chi connectivity index (χ0v) is 7.44. The van der Waals surface area contributed by atoms with E-state index in [-0.39, 0.29) is 5.82 Å². The Labute approximate surface area is 74.8 Å². The summed E-state index contributed by atoms with van der Waals surface area (Å²) in [7, 11) is 0. The van der Waals surface area contributed by atoms with Crippen LogP contribution in [-0.4, -0.2) is 33.1 Å². The van der Waals surface area contributed by atoms with Crippen molar-refractivity contribution in [3.63, 3.8) is 0 Å². The Morgan fingerprint density at radius 2 is 2.46 bits per heavy atom. The summed E-state index contributed by atoms with van der Waals surface area (Å²) in [6.07, 6.45) is 0. The van der Waals surface area contributed by atoms with Crippen LogP contribution in [0.25, 0.3) is 0 Å². The second-order valence-corrected chi connectivity index (χ2v) is 2.87. The molecule has 0 bridgehead atoms. The second kappa shape index (κ2) is 4.51. The van der Waals surface area contributed by atoms with Crippen molar-refractivity contribution in [2.45, 2.75) is 13.8 Å². The van der Waals surface area contributed by atoms with Crippen molar-refractivity contribution in [2.75, 3.05) is 6.61 Å². The van der Waals surface area contributed by atoms with E-state index in [9.17, 15) is 4.79 Å². The van der Waals surface area contributed by atoms with Crippen molar-refractivity contribution < 1.29 is 9.63 Å². The molecule has 0 aromatic carbocycles. The van der Waals surface area contributed by atoms with Gasteiger partial charge in [0.1, 0.15) is 0 Å². The average molecular weight is 185 g/mol. The maximum Gasteiger partial charge on any atom is 0.316 e. The predicted molar refractivity (Wildman–Crippen MR) is 42.4 cm³/mol. The van der Waals surface area contributed by atoms with Crippen LogP contribution in [0.4, 0.5) is 0 Å². The summed E-state index contributed by atoms with van der Waals surface area (Å²) < 4.78 is 0. The van der Waals surface area contributed by atoms with E-state index >= 15 is 0 Å². The molecule has 2 N–H and O–H groups in total. The van der Waals surface area contributed by atoms with Crippen molar-refractivity contribution in [1.82, 2.24) is 26.1 Å². The Morgan fingerprint density at radius 1 is 1.69 bits per heavy atom. The summed E-state index contributed by atoms with van der Waals surface area (Å²) in [4.78, 5) is 15.9. The van der Waals surface area contributed by atoms with Crippen LogP contribution in [0.3, 0.4) is 0 Å². The van der Waals surface area contributed by atoms with Gasteiger partial charge in [0.2, 0.25) is 0 Å². The molecule has 0 atom stereocenters. The highest BCUT2D eigenvalue weighted by Gasteiger charge is 2.09. The van der Waals surface area contributed by atoms with Crippen molar-refractivity contribution >= 4 is 5.91 Å². The van der Waals surface area contributed by atoms with Crippen molar-refractivity contribution in [2.24, 2.45) is 5.92 Å². The van der Waals surface area contributed by atoms with Gasteiger partial charge in [0.05, 0.1) is 6.61 Å². The van der Waals surface area contributed by atoms with Gasteiger partial charge < -0.3 is 0 Å². The van der Waals surface area contributed by atoms with Gasteiger partial charge in [-0.05, 0) is 11.1 Å². The fourth-order valence-electron chi connectivity index (χ4n) is 0.578. The Balaban J connectivity index is 2.27. The third-order valence-electron chi connectivity index (χ3n) is 1.13. The first kappa shape index (κ1) is 9.59. The normalized spacial score (nSPS) is 10.4. The minimum atomic E-state index is -0.505. The van der Waals surface area contributed by atoms with E-state index in [4.69, 9.17) is 4.84 Å². The van der Waals surface area contributed by atoms with Crippen molar-refractivity contribution in [1.29, 1.82) is 0 Å². The number of hydroxylamine groups is 1. The SMILES string of the molecule is CC(C)CONC(=O)c1nn[nH]n1. The molecule has 1 heterocycles. The third kappa shape index (κ3) is 3.16. The predicted octanol–water partition coefficient (Wildman–Crippen LogP) is -0.483. The lowest BCUT2D eigenvalue weighted by Crippen LogP contribution is -2.26. The van der Waals surface area contributed by atoms with E-state index in [1.165, 1.54) is 0 Å². The maximum absolute atomic E-state index is 11.1. The molecule has 1 aromatic rings. The van der Waals surface area contributed by atoms with Gasteiger partial charge in [0.15, 0.2) is 0 Å². The van der Waals surface area contributed by atoms with Crippen LogP contribution in [0.15, 0.2) is 0 Å². The van der Waals surface area contributed by atoms with Crippen LogP contribution >= 0.6 is 0 Å². The molecule has 0 aliphatic heterocycles. The molecule has 0 radical (unpaired) electrons. The lowest BCUT2D eigenvalue weighted by atomic mass is 10.2. The van der Waals surface area contributed by atoms with Crippen LogP contribution in [-0.2, 0) is 4.84 Å². The van der Waals surface area contributed by atoms with Gasteiger partial charge in [0.25, 0.3) is 5.82 Å². The van der Waals surface area contributed by atoms with E-state index in [1.54, 1.807) is 0 Å². The van der Waals surface area contributed by atoms with E-state index in [2.05, 4.69) is 26.1 Å². The van der Waals surface area contributed by atoms with E-state index in [0.717, 1.165) is 0 Å². The summed E-state index contributed by atoms with van der Waals surface area (Å²) in [6.45, 7) is 4.39. The lowest BCUT2D eigenvalue weighted by Gasteiger charge is -2.05. The third-order valence-corrected chi connectivity index (χ3v) is 1.13. The molecule has 0 aliphatic rings. The van der Waals surface area contributed by atoms with Crippen LogP contribution in [0, 0.1) is 5.92 Å². The van der Waals surface area contributed by atoms with Crippen molar-refractivity contribution in [3.05, 3.63) is 5.82 Å². The molecule has 72 valence electrons. The molecule has 1 aromatic heterocycles. The monoisotopic (exact) mass is 185 g/mol. The largest absolute Gasteiger partial charge is 0.316 e. The molecule has 0 saturated carbocycles. The van der Waals surface area contributed by atoms with Gasteiger partial charge in [0, 0.05) is 0 Å². The number of H-pyrrole nitrogens is 1. The second-order valence-electron chi connectivity index (χ2n) is 2.87. The number of nitrogens with one attached hydrogen (secondary N) is 2. The molecule has 1 amide bonds. The minimum Gasteiger partial charge on any atom is -0.273 e. The highest BCUT2D eigenvalue weighted by atomic mass is 16.7. The number of nitrogens with zero attached hydrogens (tertiary/aromatic N) is 3. The molecule has 0 aliphatic carbocycles. The standard InChI is InChI=1S/C6H11N5O2/c1-4(2)3-13-9-6(12)5-7-10-11-8-5/h4H,3H2,1-2H3,(H,9,12)(H,7,8,10,11). The van der Waals surface area contributed by atoms with Gasteiger partial charge >= 0.3 is 5.91 Å². The van der Waals surface area contributed by atoms with Gasteiger partial charge in [-0.1, -0.05) is 13.8 Å². The van der Waals surface area contributed by atoms with Crippen LogP contribution in [0.2, 0.25) is 0 Å². The number of carbonyl (C=O) groups is 1. The average Bonchev–Trinajstić information content (AvgIpc) is 2.55. The highest BCUT2D eigenvalue weighted by Crippen LogP contribution is 1.90. The van der Waals surface area contributed by atoms with E-state index < -0.39 is 5.91 Å². The first-order chi connectivity index (χ1) is 6.20. The van der Waals surface area contributed by atoms with E-state index in [1.807, 2.05) is 13.8 Å². The molecule has 1 rings (SSSR count). The number of hydrogen-bond donors (Lipinski definition) is 2. The smallest absolute Gasteiger partial charge is 0.273 e. The fourth-order valence-corrected chi connectivity index (χ4v) is 0.578. The molecule has 0 fully saturated rings. The summed E-state index contributed by atoms with van der Waals surface area (Å²) in [5.74, 6) is -0.191. The number of aromatic amines is 1. The Bertz CT molecular complexity index is 258. The zero-order valence-electron chi connectivity index (χ0n) is 7.44. The molecule has 0 spiro atoms. The molecule has 7 heteroatoms. The van der Waals surface area contributed by atoms with E-state index in [0.29, 0.717) is 12.5 Å². The molecular weight excluding hydrogens is 174 g/mol. The Morgan fingerprint density at radius 3 is 3.00 bits per heavy atom. The molecule has 7 nitrogen and oxygen atoms in total. The summed E-state index contributed by atoms with van der Waals surface area (Å²) in [5.41, 5.74) is 2.19. The maximum atomic E-state index is 11.1. The number of carbonyl (C=O) groups excluding carboxylic acids is 1. The van der Waals surface area contributed by atoms with Crippen LogP contribution in [0.5, 0.6) is 0 Å². The highest BCUT2D eigenvalue weighted by molar-refractivity contribution is 5.89. The number of amides is 1. The van der Waals surface area contributed by atoms with Gasteiger partial charge in [-0.2, -0.15) is 5.21 Å². The van der Waals surface area contributed by atoms with Gasteiger partial charge in [-0.3, -0.25) is 9.63 Å². The fraction of sp³-hybridized carbons (Fsp3) is 0.667. The Kier molecular flexibility index (Phi) is 3.32. The van der Waals surface area contributed by atoms with Gasteiger partial charge in [-0.25, -0.2) is 5.48 Å². The van der Waals surface area contributed by atoms with Crippen LogP contribution in [0.1, 0.15) is 24.5 Å². The first-order valence-electron chi connectivity index (χ1n) is 3.85.